The maximum Gasteiger partial charge on any atom is 0.325 e. The second-order valence-electron chi connectivity index (χ2n) is 7.52. The lowest BCUT2D eigenvalue weighted by Gasteiger charge is -2.26. The van der Waals surface area contributed by atoms with Gasteiger partial charge < -0.3 is 20.7 Å². The minimum Gasteiger partial charge on any atom is -0.461 e. The van der Waals surface area contributed by atoms with E-state index in [0.29, 0.717) is 6.42 Å². The molecule has 0 radical (unpaired) electrons. The molecule has 0 aromatic heterocycles. The number of carbonyl (C=O) groups excluding carboxylic acids is 3. The fourth-order valence-corrected chi connectivity index (χ4v) is 2.95. The molecule has 154 valence electrons. The smallest absolute Gasteiger partial charge is 0.325 e. The molecule has 1 aromatic carbocycles. The Bertz CT molecular complexity index is 659. The van der Waals surface area contributed by atoms with Gasteiger partial charge in [-0.1, -0.05) is 44.2 Å². The van der Waals surface area contributed by atoms with E-state index < -0.39 is 18.1 Å². The number of ether oxygens (including phenoxy) is 1. The van der Waals surface area contributed by atoms with Crippen molar-refractivity contribution in [3.8, 4) is 0 Å². The number of esters is 1. The zero-order valence-electron chi connectivity index (χ0n) is 16.9. The van der Waals surface area contributed by atoms with E-state index in [2.05, 4.69) is 16.0 Å². The number of hydrogen-bond acceptors (Lipinski definition) is 5. The van der Waals surface area contributed by atoms with Gasteiger partial charge in [0.15, 0.2) is 0 Å². The molecule has 0 aliphatic heterocycles. The Balaban J connectivity index is 1.87. The number of carbonyl (C=O) groups is 3. The molecule has 1 aliphatic rings. The van der Waals surface area contributed by atoms with Crippen molar-refractivity contribution < 1.29 is 19.1 Å². The van der Waals surface area contributed by atoms with E-state index >= 15 is 0 Å². The normalized spacial score (nSPS) is 16.0. The summed E-state index contributed by atoms with van der Waals surface area (Å²) < 4.78 is 5.23. The molecular weight excluding hydrogens is 358 g/mol. The quantitative estimate of drug-likeness (QED) is 0.522. The molecule has 7 heteroatoms. The van der Waals surface area contributed by atoms with Crippen molar-refractivity contribution in [2.75, 3.05) is 13.6 Å². The Kier molecular flexibility index (Phi) is 8.44. The number of amides is 2. The molecule has 2 amide bonds. The van der Waals surface area contributed by atoms with Crippen LogP contribution < -0.4 is 16.0 Å². The molecule has 0 spiro atoms. The largest absolute Gasteiger partial charge is 0.461 e. The fraction of sp³-hybridized carbons (Fsp3) is 0.571. The Morgan fingerprint density at radius 3 is 2.32 bits per heavy atom. The predicted molar refractivity (Wildman–Crippen MR) is 107 cm³/mol. The van der Waals surface area contributed by atoms with E-state index in [-0.39, 0.29) is 30.4 Å². The Morgan fingerprint density at radius 1 is 1.11 bits per heavy atom. The number of rotatable bonds is 10. The highest BCUT2D eigenvalue weighted by Crippen LogP contribution is 2.21. The van der Waals surface area contributed by atoms with Crippen LogP contribution in [0.3, 0.4) is 0 Å². The van der Waals surface area contributed by atoms with Gasteiger partial charge in [-0.2, -0.15) is 0 Å². The van der Waals surface area contributed by atoms with Crippen LogP contribution in [0.1, 0.15) is 38.7 Å². The lowest BCUT2D eigenvalue weighted by molar-refractivity contribution is -0.152. The summed E-state index contributed by atoms with van der Waals surface area (Å²) in [4.78, 5) is 37.0. The van der Waals surface area contributed by atoms with E-state index in [1.807, 2.05) is 44.2 Å². The van der Waals surface area contributed by atoms with Crippen molar-refractivity contribution in [1.82, 2.24) is 16.0 Å². The molecule has 0 bridgehead atoms. The van der Waals surface area contributed by atoms with Gasteiger partial charge >= 0.3 is 5.97 Å². The van der Waals surface area contributed by atoms with Crippen molar-refractivity contribution in [3.63, 3.8) is 0 Å². The minimum atomic E-state index is -0.726. The van der Waals surface area contributed by atoms with Gasteiger partial charge in [0, 0.05) is 0 Å². The summed E-state index contributed by atoms with van der Waals surface area (Å²) in [5, 5.41) is 8.39. The van der Waals surface area contributed by atoms with Gasteiger partial charge in [-0.3, -0.25) is 14.4 Å². The number of hydrogen-bond donors (Lipinski definition) is 3. The second kappa shape index (κ2) is 10.8. The first-order valence-electron chi connectivity index (χ1n) is 9.89. The number of nitrogens with one attached hydrogen (secondary N) is 3. The fourth-order valence-electron chi connectivity index (χ4n) is 2.95. The zero-order valence-corrected chi connectivity index (χ0v) is 16.9. The molecule has 1 aliphatic carbocycles. The van der Waals surface area contributed by atoms with Crippen LogP contribution in [0, 0.1) is 5.92 Å². The Morgan fingerprint density at radius 2 is 1.79 bits per heavy atom. The van der Waals surface area contributed by atoms with Crippen LogP contribution in [-0.2, 0) is 25.5 Å². The summed E-state index contributed by atoms with van der Waals surface area (Å²) in [5.74, 6) is -1.20. The summed E-state index contributed by atoms with van der Waals surface area (Å²) in [6, 6.07) is 8.50. The average molecular weight is 389 g/mol. The maximum atomic E-state index is 12.7. The molecule has 2 atom stereocenters. The lowest BCUT2D eigenvalue weighted by atomic mass is 9.96. The van der Waals surface area contributed by atoms with Gasteiger partial charge in [-0.25, -0.2) is 0 Å². The second-order valence-corrected chi connectivity index (χ2v) is 7.52. The molecule has 1 aromatic rings. The number of likely N-dealkylation sites (N-methyl/N-ethyl adjacent to an activating group) is 1. The van der Waals surface area contributed by atoms with Crippen molar-refractivity contribution in [3.05, 3.63) is 35.9 Å². The van der Waals surface area contributed by atoms with Crippen molar-refractivity contribution in [2.24, 2.45) is 5.92 Å². The van der Waals surface area contributed by atoms with Crippen LogP contribution in [0.25, 0.3) is 0 Å². The molecule has 2 rings (SSSR count). The molecule has 3 N–H and O–H groups in total. The summed E-state index contributed by atoms with van der Waals surface area (Å²) >= 11 is 0. The van der Waals surface area contributed by atoms with Gasteiger partial charge in [0.1, 0.15) is 18.7 Å². The molecule has 1 fully saturated rings. The van der Waals surface area contributed by atoms with E-state index in [1.54, 1.807) is 7.05 Å². The van der Waals surface area contributed by atoms with Gasteiger partial charge in [0.25, 0.3) is 0 Å². The van der Waals surface area contributed by atoms with E-state index in [0.717, 1.165) is 24.8 Å². The highest BCUT2D eigenvalue weighted by atomic mass is 16.5. The summed E-state index contributed by atoms with van der Waals surface area (Å²) in [6.45, 7) is 3.51. The highest BCUT2D eigenvalue weighted by molar-refractivity contribution is 5.91. The van der Waals surface area contributed by atoms with Crippen LogP contribution in [0.15, 0.2) is 30.3 Å². The summed E-state index contributed by atoms with van der Waals surface area (Å²) in [6.07, 6.45) is 3.35. The molecule has 0 saturated heterocycles. The van der Waals surface area contributed by atoms with Crippen molar-refractivity contribution in [2.45, 2.75) is 57.7 Å². The SMILES string of the molecule is CNC(Cc1ccccc1)C(=O)NC(C(=O)NCC(=O)OC1CCC1)C(C)C. The van der Waals surface area contributed by atoms with Crippen LogP contribution in [0.4, 0.5) is 0 Å². The third kappa shape index (κ3) is 6.64. The maximum absolute atomic E-state index is 12.7. The van der Waals surface area contributed by atoms with Crippen molar-refractivity contribution >= 4 is 17.8 Å². The zero-order chi connectivity index (χ0) is 20.5. The monoisotopic (exact) mass is 389 g/mol. The molecular formula is C21H31N3O4. The first-order chi connectivity index (χ1) is 13.4. The Labute approximate surface area is 166 Å². The molecule has 0 heterocycles. The molecule has 1 saturated carbocycles. The Hall–Kier alpha value is -2.41. The predicted octanol–water partition coefficient (Wildman–Crippen LogP) is 1.17. The van der Waals surface area contributed by atoms with Gasteiger partial charge in [0.05, 0.1) is 6.04 Å². The van der Waals surface area contributed by atoms with Crippen LogP contribution in [0.2, 0.25) is 0 Å². The van der Waals surface area contributed by atoms with Gasteiger partial charge in [0.2, 0.25) is 11.8 Å². The topological polar surface area (TPSA) is 96.5 Å². The summed E-state index contributed by atoms with van der Waals surface area (Å²) in [5.41, 5.74) is 1.03. The van der Waals surface area contributed by atoms with Crippen LogP contribution >= 0.6 is 0 Å². The third-order valence-electron chi connectivity index (χ3n) is 4.95. The standard InChI is InChI=1S/C21H31N3O4/c1-14(2)19(21(27)23-13-18(25)28-16-10-7-11-16)24-20(26)17(22-3)12-15-8-5-4-6-9-15/h4-6,8-9,14,16-17,19,22H,7,10-13H2,1-3H3,(H,23,27)(H,24,26). The first-order valence-corrected chi connectivity index (χ1v) is 9.89. The summed E-state index contributed by atoms with van der Waals surface area (Å²) in [7, 11) is 1.72. The highest BCUT2D eigenvalue weighted by Gasteiger charge is 2.28. The first kappa shape index (κ1) is 21.9. The average Bonchev–Trinajstić information content (AvgIpc) is 2.65. The van der Waals surface area contributed by atoms with Crippen molar-refractivity contribution in [1.29, 1.82) is 0 Å². The van der Waals surface area contributed by atoms with Gasteiger partial charge in [-0.15, -0.1) is 0 Å². The van der Waals surface area contributed by atoms with E-state index in [1.165, 1.54) is 0 Å². The van der Waals surface area contributed by atoms with Gasteiger partial charge in [-0.05, 0) is 44.2 Å². The number of benzene rings is 1. The molecule has 28 heavy (non-hydrogen) atoms. The molecule has 7 nitrogen and oxygen atoms in total. The third-order valence-corrected chi connectivity index (χ3v) is 4.95. The lowest BCUT2D eigenvalue weighted by Crippen LogP contribution is -2.55. The van der Waals surface area contributed by atoms with E-state index in [9.17, 15) is 14.4 Å². The molecule has 2 unspecified atom stereocenters. The van der Waals surface area contributed by atoms with E-state index in [4.69, 9.17) is 4.74 Å². The van der Waals surface area contributed by atoms with Crippen LogP contribution in [0.5, 0.6) is 0 Å². The van der Waals surface area contributed by atoms with Crippen LogP contribution in [-0.4, -0.2) is 49.6 Å². The minimum absolute atomic E-state index is 0.0145.